The van der Waals surface area contributed by atoms with Crippen molar-refractivity contribution in [1.29, 1.82) is 0 Å². The zero-order valence-corrected chi connectivity index (χ0v) is 17.0. The lowest BCUT2D eigenvalue weighted by atomic mass is 9.88. The molecular formula is C24H30N4O. The summed E-state index contributed by atoms with van der Waals surface area (Å²) in [5, 5.41) is 1.29. The van der Waals surface area contributed by atoms with E-state index in [0.29, 0.717) is 5.92 Å². The molecule has 2 aromatic heterocycles. The van der Waals surface area contributed by atoms with Crippen LogP contribution in [0.3, 0.4) is 0 Å². The van der Waals surface area contributed by atoms with Gasteiger partial charge in [0.1, 0.15) is 5.65 Å². The van der Waals surface area contributed by atoms with Crippen molar-refractivity contribution in [2.24, 2.45) is 0 Å². The van der Waals surface area contributed by atoms with Gasteiger partial charge in [-0.2, -0.15) is 0 Å². The minimum Gasteiger partial charge on any atom is -0.379 e. The molecule has 0 saturated carbocycles. The summed E-state index contributed by atoms with van der Waals surface area (Å²) in [7, 11) is 0. The molecule has 2 saturated heterocycles. The molecule has 2 aliphatic rings. The van der Waals surface area contributed by atoms with Gasteiger partial charge in [0.25, 0.3) is 0 Å². The summed E-state index contributed by atoms with van der Waals surface area (Å²) in [4.78, 5) is 12.8. The molecule has 2 aliphatic heterocycles. The lowest BCUT2D eigenvalue weighted by Gasteiger charge is -2.32. The summed E-state index contributed by atoms with van der Waals surface area (Å²) >= 11 is 0. The first-order valence-electron chi connectivity index (χ1n) is 10.9. The summed E-state index contributed by atoms with van der Waals surface area (Å²) in [6, 6.07) is 13.5. The van der Waals surface area contributed by atoms with E-state index in [-0.39, 0.29) is 0 Å². The maximum Gasteiger partial charge on any atom is 0.137 e. The van der Waals surface area contributed by atoms with Crippen LogP contribution in [-0.2, 0) is 17.8 Å². The lowest BCUT2D eigenvalue weighted by Crippen LogP contribution is -2.35. The van der Waals surface area contributed by atoms with Crippen LogP contribution in [-0.4, -0.2) is 59.2 Å². The van der Waals surface area contributed by atoms with Crippen molar-refractivity contribution < 1.29 is 4.74 Å². The smallest absolute Gasteiger partial charge is 0.137 e. The van der Waals surface area contributed by atoms with Crippen molar-refractivity contribution >= 4 is 11.0 Å². The number of nitrogens with zero attached hydrogens (tertiary/aromatic N) is 3. The Hall–Kier alpha value is -2.21. The highest BCUT2D eigenvalue weighted by Crippen LogP contribution is 2.32. The van der Waals surface area contributed by atoms with Crippen molar-refractivity contribution in [1.82, 2.24) is 19.8 Å². The number of fused-ring (bicyclic) bond motifs is 1. The highest BCUT2D eigenvalue weighted by molar-refractivity contribution is 5.79. The Balaban J connectivity index is 1.19. The summed E-state index contributed by atoms with van der Waals surface area (Å²) in [5.74, 6) is 0.639. The topological polar surface area (TPSA) is 44.4 Å². The molecule has 2 fully saturated rings. The van der Waals surface area contributed by atoms with Gasteiger partial charge in [-0.3, -0.25) is 9.80 Å². The molecule has 152 valence electrons. The number of rotatable bonds is 5. The Labute approximate surface area is 172 Å². The fraction of sp³-hybridized carbons (Fsp3) is 0.458. The number of likely N-dealkylation sites (tertiary alicyclic amines) is 1. The number of H-pyrrole nitrogens is 1. The molecule has 5 nitrogen and oxygen atoms in total. The van der Waals surface area contributed by atoms with Gasteiger partial charge in [0.05, 0.1) is 13.2 Å². The normalized spacial score (nSPS) is 19.7. The number of hydrogen-bond donors (Lipinski definition) is 1. The van der Waals surface area contributed by atoms with Crippen LogP contribution in [0, 0.1) is 0 Å². The van der Waals surface area contributed by atoms with E-state index >= 15 is 0 Å². The summed E-state index contributed by atoms with van der Waals surface area (Å²) in [6.45, 7) is 8.22. The molecule has 1 N–H and O–H groups in total. The molecule has 0 radical (unpaired) electrons. The van der Waals surface area contributed by atoms with E-state index in [2.05, 4.69) is 56.2 Å². The van der Waals surface area contributed by atoms with E-state index in [1.54, 1.807) is 0 Å². The maximum absolute atomic E-state index is 5.47. The molecule has 0 amide bonds. The van der Waals surface area contributed by atoms with Crippen LogP contribution in [0.4, 0.5) is 0 Å². The Kier molecular flexibility index (Phi) is 5.61. The van der Waals surface area contributed by atoms with Gasteiger partial charge in [-0.05, 0) is 60.7 Å². The Morgan fingerprint density at radius 2 is 1.66 bits per heavy atom. The maximum atomic E-state index is 5.47. The molecule has 29 heavy (non-hydrogen) atoms. The largest absolute Gasteiger partial charge is 0.379 e. The fourth-order valence-corrected chi connectivity index (χ4v) is 4.84. The first-order valence-corrected chi connectivity index (χ1v) is 10.9. The van der Waals surface area contributed by atoms with Gasteiger partial charge < -0.3 is 9.72 Å². The van der Waals surface area contributed by atoms with Crippen LogP contribution in [0.5, 0.6) is 0 Å². The number of nitrogens with one attached hydrogen (secondary N) is 1. The first-order chi connectivity index (χ1) is 14.3. The van der Waals surface area contributed by atoms with Crippen LogP contribution < -0.4 is 0 Å². The van der Waals surface area contributed by atoms with Gasteiger partial charge >= 0.3 is 0 Å². The quantitative estimate of drug-likeness (QED) is 0.720. The van der Waals surface area contributed by atoms with Crippen LogP contribution in [0.25, 0.3) is 11.0 Å². The third kappa shape index (κ3) is 4.37. The Bertz CT molecular complexity index is 939. The van der Waals surface area contributed by atoms with E-state index in [0.717, 1.165) is 58.1 Å². The monoisotopic (exact) mass is 390 g/mol. The highest BCUT2D eigenvalue weighted by Gasteiger charge is 2.22. The van der Waals surface area contributed by atoms with Crippen LogP contribution >= 0.6 is 0 Å². The second-order valence-electron chi connectivity index (χ2n) is 8.40. The average molecular weight is 391 g/mol. The van der Waals surface area contributed by atoms with Gasteiger partial charge in [0, 0.05) is 44.0 Å². The van der Waals surface area contributed by atoms with Crippen LogP contribution in [0.1, 0.15) is 35.4 Å². The number of pyridine rings is 1. The zero-order chi connectivity index (χ0) is 19.5. The van der Waals surface area contributed by atoms with Crippen molar-refractivity contribution in [2.45, 2.75) is 31.8 Å². The average Bonchev–Trinajstić information content (AvgIpc) is 3.24. The number of aromatic amines is 1. The highest BCUT2D eigenvalue weighted by atomic mass is 16.5. The third-order valence-electron chi connectivity index (χ3n) is 6.43. The van der Waals surface area contributed by atoms with Gasteiger partial charge in [0.15, 0.2) is 0 Å². The molecule has 5 heteroatoms. The number of piperidine rings is 1. The van der Waals surface area contributed by atoms with Crippen LogP contribution in [0.2, 0.25) is 0 Å². The molecule has 0 aliphatic carbocycles. The number of ether oxygens (including phenoxy) is 1. The molecule has 0 unspecified atom stereocenters. The first kappa shape index (κ1) is 18.8. The molecular weight excluding hydrogens is 360 g/mol. The van der Waals surface area contributed by atoms with Gasteiger partial charge in [0.2, 0.25) is 0 Å². The van der Waals surface area contributed by atoms with E-state index in [4.69, 9.17) is 4.74 Å². The molecule has 1 aromatic carbocycles. The molecule has 0 atom stereocenters. The minimum absolute atomic E-state index is 0.639. The lowest BCUT2D eigenvalue weighted by molar-refractivity contribution is 0.0342. The van der Waals surface area contributed by atoms with Crippen molar-refractivity contribution in [2.75, 3.05) is 39.4 Å². The second-order valence-corrected chi connectivity index (χ2v) is 8.40. The van der Waals surface area contributed by atoms with Gasteiger partial charge in [-0.25, -0.2) is 4.98 Å². The van der Waals surface area contributed by atoms with E-state index in [1.165, 1.54) is 34.9 Å². The SMILES string of the molecule is c1cc(CN2CCOCC2)cc(CN2CCC(c3ccnc4[nH]ccc34)CC2)c1. The van der Waals surface area contributed by atoms with Gasteiger partial charge in [-0.15, -0.1) is 0 Å². The third-order valence-corrected chi connectivity index (χ3v) is 6.43. The zero-order valence-electron chi connectivity index (χ0n) is 17.0. The number of aromatic nitrogens is 2. The number of hydrogen-bond acceptors (Lipinski definition) is 4. The minimum atomic E-state index is 0.639. The van der Waals surface area contributed by atoms with Crippen LogP contribution in [0.15, 0.2) is 48.8 Å². The predicted molar refractivity (Wildman–Crippen MR) is 116 cm³/mol. The summed E-state index contributed by atoms with van der Waals surface area (Å²) in [6.07, 6.45) is 6.39. The van der Waals surface area contributed by atoms with Crippen molar-refractivity contribution in [3.8, 4) is 0 Å². The molecule has 5 rings (SSSR count). The second kappa shape index (κ2) is 8.66. The Morgan fingerprint density at radius 3 is 2.41 bits per heavy atom. The van der Waals surface area contributed by atoms with E-state index in [9.17, 15) is 0 Å². The van der Waals surface area contributed by atoms with Gasteiger partial charge in [-0.1, -0.05) is 24.3 Å². The van der Waals surface area contributed by atoms with Crippen molar-refractivity contribution in [3.63, 3.8) is 0 Å². The fourth-order valence-electron chi connectivity index (χ4n) is 4.84. The Morgan fingerprint density at radius 1 is 0.931 bits per heavy atom. The van der Waals surface area contributed by atoms with Crippen molar-refractivity contribution in [3.05, 3.63) is 65.5 Å². The number of morpholine rings is 1. The molecule has 3 aromatic rings. The molecule has 4 heterocycles. The van der Waals surface area contributed by atoms with E-state index < -0.39 is 0 Å². The predicted octanol–water partition coefficient (Wildman–Crippen LogP) is 3.77. The summed E-state index contributed by atoms with van der Waals surface area (Å²) in [5.41, 5.74) is 5.34. The van der Waals surface area contributed by atoms with E-state index in [1.807, 2.05) is 12.4 Å². The standard InChI is InChI=1S/C24H30N4O/c1-2-19(16-20(3-1)18-28-12-14-29-15-13-28)17-27-10-6-21(7-11-27)22-4-8-25-24-23(22)5-9-26-24/h1-5,8-9,16,21H,6-7,10-15,17-18H2,(H,25,26). The molecule has 0 bridgehead atoms. The number of benzene rings is 1. The summed E-state index contributed by atoms with van der Waals surface area (Å²) < 4.78 is 5.47. The molecule has 0 spiro atoms.